The third-order valence-corrected chi connectivity index (χ3v) is 4.98. The van der Waals surface area contributed by atoms with Crippen molar-refractivity contribution in [3.63, 3.8) is 0 Å². The summed E-state index contributed by atoms with van der Waals surface area (Å²) in [5.74, 6) is 1.05. The van der Waals surface area contributed by atoms with Crippen molar-refractivity contribution in [2.45, 2.75) is 39.7 Å². The molecular formula is C21H25N3O6. The maximum absolute atomic E-state index is 12.4. The van der Waals surface area contributed by atoms with Crippen LogP contribution in [0.4, 0.5) is 0 Å². The highest BCUT2D eigenvalue weighted by atomic mass is 16.5. The standard InChI is InChI=1S/C21H25N3O6/c1-13-16(14(2)30-23-13)12-29-17-6-5-15(11-18(17)28-3)21(27)22-9-4-10-24-19(25)7-8-20(24)26/h5-6,11H,4,7-10,12H2,1-3H3,(H,22,27). The SMILES string of the molecule is COc1cc(C(=O)NCCCN2C(=O)CCC2=O)ccc1OCc1c(C)noc1C. The first kappa shape index (κ1) is 21.4. The van der Waals surface area contributed by atoms with Gasteiger partial charge in [0.2, 0.25) is 11.8 Å². The lowest BCUT2D eigenvalue weighted by Crippen LogP contribution is -2.33. The van der Waals surface area contributed by atoms with Crippen molar-refractivity contribution >= 4 is 17.7 Å². The summed E-state index contributed by atoms with van der Waals surface area (Å²) < 4.78 is 16.3. The largest absolute Gasteiger partial charge is 0.493 e. The molecule has 0 aliphatic carbocycles. The Morgan fingerprint density at radius 2 is 1.93 bits per heavy atom. The van der Waals surface area contributed by atoms with E-state index < -0.39 is 0 Å². The second kappa shape index (κ2) is 9.43. The molecule has 1 aromatic heterocycles. The molecule has 1 aliphatic rings. The lowest BCUT2D eigenvalue weighted by atomic mass is 10.2. The van der Waals surface area contributed by atoms with Crippen molar-refractivity contribution < 1.29 is 28.4 Å². The second-order valence-electron chi connectivity index (χ2n) is 7.01. The van der Waals surface area contributed by atoms with E-state index >= 15 is 0 Å². The van der Waals surface area contributed by atoms with Crippen LogP contribution in [-0.4, -0.2) is 48.0 Å². The summed E-state index contributed by atoms with van der Waals surface area (Å²) in [5, 5.41) is 6.69. The number of rotatable bonds is 9. The molecule has 160 valence electrons. The number of carbonyl (C=O) groups excluding carboxylic acids is 3. The molecule has 0 atom stereocenters. The summed E-state index contributed by atoms with van der Waals surface area (Å²) in [6.45, 7) is 4.60. The third kappa shape index (κ3) is 4.79. The van der Waals surface area contributed by atoms with Crippen molar-refractivity contribution in [1.29, 1.82) is 0 Å². The summed E-state index contributed by atoms with van der Waals surface area (Å²) in [7, 11) is 1.50. The van der Waals surface area contributed by atoms with Gasteiger partial charge in [-0.3, -0.25) is 19.3 Å². The van der Waals surface area contributed by atoms with Crippen LogP contribution in [0.25, 0.3) is 0 Å². The van der Waals surface area contributed by atoms with Gasteiger partial charge < -0.3 is 19.3 Å². The van der Waals surface area contributed by atoms with Gasteiger partial charge in [0.05, 0.1) is 18.4 Å². The Hall–Kier alpha value is -3.36. The summed E-state index contributed by atoms with van der Waals surface area (Å²) in [5.41, 5.74) is 2.05. The fourth-order valence-electron chi connectivity index (χ4n) is 3.20. The summed E-state index contributed by atoms with van der Waals surface area (Å²) >= 11 is 0. The number of benzene rings is 1. The Morgan fingerprint density at radius 3 is 2.57 bits per heavy atom. The molecule has 1 aliphatic heterocycles. The van der Waals surface area contributed by atoms with Gasteiger partial charge in [-0.1, -0.05) is 5.16 Å². The molecule has 3 rings (SSSR count). The minimum atomic E-state index is -0.273. The first-order valence-corrected chi connectivity index (χ1v) is 9.74. The van der Waals surface area contributed by atoms with Gasteiger partial charge in [-0.25, -0.2) is 0 Å². The molecule has 30 heavy (non-hydrogen) atoms. The van der Waals surface area contributed by atoms with Gasteiger partial charge in [0.1, 0.15) is 12.4 Å². The zero-order valence-electron chi connectivity index (χ0n) is 17.3. The van der Waals surface area contributed by atoms with Gasteiger partial charge in [-0.05, 0) is 38.5 Å². The number of ether oxygens (including phenoxy) is 2. The number of hydrogen-bond donors (Lipinski definition) is 1. The van der Waals surface area contributed by atoms with Crippen LogP contribution in [0.15, 0.2) is 22.7 Å². The zero-order chi connectivity index (χ0) is 21.7. The summed E-state index contributed by atoms with van der Waals surface area (Å²) in [6, 6.07) is 4.92. The number of likely N-dealkylation sites (tertiary alicyclic amines) is 1. The number of hydrogen-bond acceptors (Lipinski definition) is 7. The maximum atomic E-state index is 12.4. The highest BCUT2D eigenvalue weighted by molar-refractivity contribution is 6.01. The topological polar surface area (TPSA) is 111 Å². The van der Waals surface area contributed by atoms with Gasteiger partial charge in [0, 0.05) is 31.5 Å². The van der Waals surface area contributed by atoms with Crippen molar-refractivity contribution in [1.82, 2.24) is 15.4 Å². The summed E-state index contributed by atoms with van der Waals surface area (Å²) in [6.07, 6.45) is 1.05. The lowest BCUT2D eigenvalue weighted by molar-refractivity contribution is -0.138. The Bertz CT molecular complexity index is 917. The van der Waals surface area contributed by atoms with Gasteiger partial charge in [-0.15, -0.1) is 0 Å². The van der Waals surface area contributed by atoms with Crippen LogP contribution in [0.3, 0.4) is 0 Å². The first-order valence-electron chi connectivity index (χ1n) is 9.74. The highest BCUT2D eigenvalue weighted by Crippen LogP contribution is 2.29. The molecule has 9 nitrogen and oxygen atoms in total. The minimum absolute atomic E-state index is 0.150. The molecule has 1 saturated heterocycles. The number of nitrogens with zero attached hydrogens (tertiary/aromatic N) is 2. The fraction of sp³-hybridized carbons (Fsp3) is 0.429. The molecule has 1 N–H and O–H groups in total. The van der Waals surface area contributed by atoms with E-state index in [4.69, 9.17) is 14.0 Å². The predicted molar refractivity (Wildman–Crippen MR) is 106 cm³/mol. The van der Waals surface area contributed by atoms with Crippen LogP contribution in [0.2, 0.25) is 0 Å². The van der Waals surface area contributed by atoms with Crippen LogP contribution in [0, 0.1) is 13.8 Å². The fourth-order valence-corrected chi connectivity index (χ4v) is 3.20. The maximum Gasteiger partial charge on any atom is 0.251 e. The normalized spacial score (nSPS) is 13.6. The van der Waals surface area contributed by atoms with Gasteiger partial charge in [0.15, 0.2) is 11.5 Å². The number of aromatic nitrogens is 1. The Morgan fingerprint density at radius 1 is 1.20 bits per heavy atom. The molecule has 1 fully saturated rings. The first-order chi connectivity index (χ1) is 14.4. The van der Waals surface area contributed by atoms with E-state index in [1.54, 1.807) is 18.2 Å². The number of imide groups is 1. The molecule has 0 saturated carbocycles. The second-order valence-corrected chi connectivity index (χ2v) is 7.01. The molecule has 1 aromatic carbocycles. The van der Waals surface area contributed by atoms with Crippen molar-refractivity contribution in [2.75, 3.05) is 20.2 Å². The third-order valence-electron chi connectivity index (χ3n) is 4.98. The van der Waals surface area contributed by atoms with E-state index in [1.165, 1.54) is 12.0 Å². The molecule has 9 heteroatoms. The predicted octanol–water partition coefficient (Wildman–Crippen LogP) is 2.15. The van der Waals surface area contributed by atoms with E-state index in [-0.39, 0.29) is 37.2 Å². The Balaban J connectivity index is 1.53. The van der Waals surface area contributed by atoms with Gasteiger partial charge in [0.25, 0.3) is 5.91 Å². The lowest BCUT2D eigenvalue weighted by Gasteiger charge is -2.14. The van der Waals surface area contributed by atoms with E-state index in [0.717, 1.165) is 11.3 Å². The minimum Gasteiger partial charge on any atom is -0.493 e. The Kier molecular flexibility index (Phi) is 6.71. The van der Waals surface area contributed by atoms with Gasteiger partial charge in [-0.2, -0.15) is 0 Å². The van der Waals surface area contributed by atoms with Crippen molar-refractivity contribution in [3.05, 3.63) is 40.8 Å². The molecule has 0 bridgehead atoms. The number of methoxy groups -OCH3 is 1. The number of nitrogens with one attached hydrogen (secondary N) is 1. The smallest absolute Gasteiger partial charge is 0.251 e. The van der Waals surface area contributed by atoms with Crippen LogP contribution in [0.5, 0.6) is 11.5 Å². The molecular weight excluding hydrogens is 390 g/mol. The average molecular weight is 415 g/mol. The average Bonchev–Trinajstić information content (AvgIpc) is 3.24. The van der Waals surface area contributed by atoms with Crippen molar-refractivity contribution in [3.8, 4) is 11.5 Å². The summed E-state index contributed by atoms with van der Waals surface area (Å²) in [4.78, 5) is 36.8. The molecule has 0 unspecified atom stereocenters. The Labute approximate surface area is 174 Å². The number of amides is 3. The molecule has 3 amide bonds. The molecule has 0 radical (unpaired) electrons. The quantitative estimate of drug-likeness (QED) is 0.493. The van der Waals surface area contributed by atoms with Crippen LogP contribution >= 0.6 is 0 Å². The molecule has 2 heterocycles. The highest BCUT2D eigenvalue weighted by Gasteiger charge is 2.28. The van der Waals surface area contributed by atoms with E-state index in [1.807, 2.05) is 13.8 Å². The number of aryl methyl sites for hydroxylation is 2. The zero-order valence-corrected chi connectivity index (χ0v) is 17.3. The monoisotopic (exact) mass is 415 g/mol. The van der Waals surface area contributed by atoms with Gasteiger partial charge >= 0.3 is 0 Å². The number of carbonyl (C=O) groups is 3. The van der Waals surface area contributed by atoms with Crippen LogP contribution in [0.1, 0.15) is 46.6 Å². The van der Waals surface area contributed by atoms with Crippen molar-refractivity contribution in [2.24, 2.45) is 0 Å². The van der Waals surface area contributed by atoms with Crippen LogP contribution < -0.4 is 14.8 Å². The van der Waals surface area contributed by atoms with Crippen LogP contribution in [-0.2, 0) is 16.2 Å². The van der Waals surface area contributed by atoms with E-state index in [0.29, 0.717) is 42.3 Å². The van der Waals surface area contributed by atoms with E-state index in [9.17, 15) is 14.4 Å². The molecule has 2 aromatic rings. The molecule has 0 spiro atoms. The van der Waals surface area contributed by atoms with E-state index in [2.05, 4.69) is 10.5 Å².